The number of hydrogen-bond acceptors (Lipinski definition) is 4. The van der Waals surface area contributed by atoms with Gasteiger partial charge >= 0.3 is 0 Å². The van der Waals surface area contributed by atoms with Gasteiger partial charge < -0.3 is 9.80 Å². The van der Waals surface area contributed by atoms with E-state index in [2.05, 4.69) is 19.3 Å². The molecule has 7 heteroatoms. The van der Waals surface area contributed by atoms with Gasteiger partial charge in [0.05, 0.1) is 18.8 Å². The number of nitrogens with two attached hydrogens (primary N) is 1. The number of rotatable bonds is 5. The zero-order valence-corrected chi connectivity index (χ0v) is 13.1. The third-order valence-corrected chi connectivity index (χ3v) is 6.06. The van der Waals surface area contributed by atoms with E-state index in [0.29, 0.717) is 12.3 Å². The Kier molecular flexibility index (Phi) is 4.93. The van der Waals surface area contributed by atoms with E-state index in [1.165, 1.54) is 4.90 Å². The maximum absolute atomic E-state index is 12.0. The molecular formula is C13H25N4O2S+. The van der Waals surface area contributed by atoms with Crippen molar-refractivity contribution in [3.63, 3.8) is 0 Å². The lowest BCUT2D eigenvalue weighted by molar-refractivity contribution is -0.950. The smallest absolute Gasteiger partial charge is 0.289 e. The summed E-state index contributed by atoms with van der Waals surface area (Å²) in [6.45, 7) is 6.32. The van der Waals surface area contributed by atoms with Gasteiger partial charge in [-0.3, -0.25) is 15.0 Å². The summed E-state index contributed by atoms with van der Waals surface area (Å²) in [6, 6.07) is 0. The molecule has 0 aromatic rings. The number of quaternary nitrogens is 1. The number of nitrogens with one attached hydrogen (secondary N) is 2. The average Bonchev–Trinajstić information content (AvgIpc) is 2.82. The van der Waals surface area contributed by atoms with Crippen LogP contribution in [0.1, 0.15) is 33.1 Å². The van der Waals surface area contributed by atoms with Gasteiger partial charge in [0, 0.05) is 6.42 Å². The number of carbonyl (C=O) groups is 2. The van der Waals surface area contributed by atoms with Crippen LogP contribution in [0.2, 0.25) is 0 Å². The van der Waals surface area contributed by atoms with Crippen molar-refractivity contribution in [1.29, 1.82) is 0 Å². The van der Waals surface area contributed by atoms with Crippen molar-refractivity contribution in [2.24, 2.45) is 5.84 Å². The predicted molar refractivity (Wildman–Crippen MR) is 78.9 cm³/mol. The summed E-state index contributed by atoms with van der Waals surface area (Å²) in [5, 5.41) is 0.191. The van der Waals surface area contributed by atoms with Gasteiger partial charge in [-0.15, -0.1) is 11.8 Å². The Bertz CT molecular complexity index is 393. The van der Waals surface area contributed by atoms with Gasteiger partial charge in [0.1, 0.15) is 10.9 Å². The first-order valence-corrected chi connectivity index (χ1v) is 8.33. The summed E-state index contributed by atoms with van der Waals surface area (Å²) in [6.07, 6.45) is 3.26. The van der Waals surface area contributed by atoms with E-state index >= 15 is 0 Å². The minimum Gasteiger partial charge on any atom is -0.319 e. The molecule has 6 nitrogen and oxygen atoms in total. The van der Waals surface area contributed by atoms with E-state index in [0.717, 1.165) is 32.4 Å². The largest absolute Gasteiger partial charge is 0.319 e. The van der Waals surface area contributed by atoms with Crippen LogP contribution in [0.5, 0.6) is 0 Å². The highest BCUT2D eigenvalue weighted by molar-refractivity contribution is 8.01. The van der Waals surface area contributed by atoms with Crippen molar-refractivity contribution in [3.05, 3.63) is 0 Å². The number of hydrazine groups is 1. The van der Waals surface area contributed by atoms with Crippen LogP contribution in [0.3, 0.4) is 0 Å². The Morgan fingerprint density at radius 1 is 1.65 bits per heavy atom. The molecule has 0 spiro atoms. The fourth-order valence-electron chi connectivity index (χ4n) is 3.32. The van der Waals surface area contributed by atoms with E-state index in [1.807, 2.05) is 4.90 Å². The van der Waals surface area contributed by atoms with Crippen LogP contribution in [0.25, 0.3) is 0 Å². The maximum Gasteiger partial charge on any atom is 0.289 e. The minimum atomic E-state index is -0.134. The molecule has 0 aromatic carbocycles. The fraction of sp³-hybridized carbons (Fsp3) is 0.846. The summed E-state index contributed by atoms with van der Waals surface area (Å²) in [5.41, 5.74) is 2.16. The van der Waals surface area contributed by atoms with Crippen molar-refractivity contribution in [2.75, 3.05) is 25.4 Å². The van der Waals surface area contributed by atoms with Crippen molar-refractivity contribution in [2.45, 2.75) is 44.0 Å². The summed E-state index contributed by atoms with van der Waals surface area (Å²) >= 11 is 1.72. The zero-order chi connectivity index (χ0) is 14.8. The van der Waals surface area contributed by atoms with Gasteiger partial charge in [0.2, 0.25) is 5.91 Å². The molecule has 20 heavy (non-hydrogen) atoms. The molecule has 2 aliphatic heterocycles. The zero-order valence-electron chi connectivity index (χ0n) is 12.3. The van der Waals surface area contributed by atoms with E-state index in [1.54, 1.807) is 11.8 Å². The SMILES string of the molecule is CCCC[C@@]1(C)[C@H]2SCC(=O)N2CC[NH+]1CC(=O)NN. The number of thioether (sulfide) groups is 1. The molecule has 2 aliphatic rings. The van der Waals surface area contributed by atoms with Crippen molar-refractivity contribution >= 4 is 23.6 Å². The van der Waals surface area contributed by atoms with Gasteiger partial charge in [0.25, 0.3) is 5.91 Å². The van der Waals surface area contributed by atoms with Crippen LogP contribution < -0.4 is 16.2 Å². The van der Waals surface area contributed by atoms with E-state index < -0.39 is 0 Å². The van der Waals surface area contributed by atoms with Gasteiger partial charge in [0.15, 0.2) is 6.54 Å². The van der Waals surface area contributed by atoms with Crippen molar-refractivity contribution < 1.29 is 14.5 Å². The number of unbranched alkanes of at least 4 members (excludes halogenated alkanes) is 1. The normalized spacial score (nSPS) is 33.1. The Labute approximate surface area is 124 Å². The first kappa shape index (κ1) is 15.6. The van der Waals surface area contributed by atoms with Gasteiger partial charge in [-0.1, -0.05) is 13.3 Å². The molecule has 2 amide bonds. The highest BCUT2D eigenvalue weighted by Crippen LogP contribution is 2.35. The van der Waals surface area contributed by atoms with E-state index in [4.69, 9.17) is 5.84 Å². The second-order valence-electron chi connectivity index (χ2n) is 5.87. The number of carbonyl (C=O) groups excluding carboxylic acids is 2. The third kappa shape index (κ3) is 2.80. The highest BCUT2D eigenvalue weighted by Gasteiger charge is 2.54. The summed E-state index contributed by atoms with van der Waals surface area (Å²) in [5.74, 6) is 5.90. The summed E-state index contributed by atoms with van der Waals surface area (Å²) in [7, 11) is 0. The lowest BCUT2D eigenvalue weighted by atomic mass is 9.89. The molecule has 2 saturated heterocycles. The van der Waals surface area contributed by atoms with Gasteiger partial charge in [-0.25, -0.2) is 5.84 Å². The number of fused-ring (bicyclic) bond motifs is 1. The lowest BCUT2D eigenvalue weighted by Crippen LogP contribution is -3.24. The van der Waals surface area contributed by atoms with Crippen LogP contribution in [0.15, 0.2) is 0 Å². The van der Waals surface area contributed by atoms with Crippen LogP contribution in [-0.2, 0) is 9.59 Å². The van der Waals surface area contributed by atoms with E-state index in [9.17, 15) is 9.59 Å². The van der Waals surface area contributed by atoms with Crippen molar-refractivity contribution in [3.8, 4) is 0 Å². The maximum atomic E-state index is 12.0. The molecule has 2 heterocycles. The summed E-state index contributed by atoms with van der Waals surface area (Å²) in [4.78, 5) is 26.9. The molecule has 4 N–H and O–H groups in total. The van der Waals surface area contributed by atoms with Crippen LogP contribution in [-0.4, -0.2) is 53.0 Å². The Hall–Kier alpha value is -0.790. The van der Waals surface area contributed by atoms with E-state index in [-0.39, 0.29) is 22.7 Å². The second kappa shape index (κ2) is 6.32. The molecule has 2 fully saturated rings. The molecule has 0 saturated carbocycles. The van der Waals surface area contributed by atoms with Gasteiger partial charge in [-0.2, -0.15) is 0 Å². The Balaban J connectivity index is 2.18. The van der Waals surface area contributed by atoms with Crippen LogP contribution >= 0.6 is 11.8 Å². The van der Waals surface area contributed by atoms with Gasteiger partial charge in [-0.05, 0) is 13.3 Å². The molecule has 0 aliphatic carbocycles. The lowest BCUT2D eigenvalue weighted by Gasteiger charge is -2.48. The monoisotopic (exact) mass is 301 g/mol. The molecule has 1 unspecified atom stereocenters. The molecule has 0 aromatic heterocycles. The van der Waals surface area contributed by atoms with Crippen LogP contribution in [0, 0.1) is 0 Å². The minimum absolute atomic E-state index is 0.0718. The van der Waals surface area contributed by atoms with Crippen LogP contribution in [0.4, 0.5) is 0 Å². The standard InChI is InChI=1S/C13H24N4O2S/c1-3-4-5-13(2)12-17(11(19)9-20-12)7-6-16(13)8-10(18)15-14/h12H,3-9,14H2,1-2H3,(H,15,18)/p+1/t12-,13+/m1/s1. The molecule has 114 valence electrons. The quantitative estimate of drug-likeness (QED) is 0.336. The highest BCUT2D eigenvalue weighted by atomic mass is 32.2. The number of nitrogens with zero attached hydrogens (tertiary/aromatic N) is 1. The number of amides is 2. The molecule has 0 bridgehead atoms. The fourth-order valence-corrected chi connectivity index (χ4v) is 4.84. The molecular weight excluding hydrogens is 276 g/mol. The third-order valence-electron chi connectivity index (χ3n) is 4.56. The Morgan fingerprint density at radius 3 is 3.05 bits per heavy atom. The van der Waals surface area contributed by atoms with Crippen molar-refractivity contribution in [1.82, 2.24) is 10.3 Å². The Morgan fingerprint density at radius 2 is 2.40 bits per heavy atom. The first-order chi connectivity index (χ1) is 9.52. The molecule has 3 atom stereocenters. The number of piperazine rings is 1. The summed E-state index contributed by atoms with van der Waals surface area (Å²) < 4.78 is 0. The predicted octanol–water partition coefficient (Wildman–Crippen LogP) is -1.27. The molecule has 2 rings (SSSR count). The average molecular weight is 301 g/mol. The second-order valence-corrected chi connectivity index (χ2v) is 6.94. The number of hydrogen-bond donors (Lipinski definition) is 3. The molecule has 0 radical (unpaired) electrons. The topological polar surface area (TPSA) is 79.9 Å². The first-order valence-electron chi connectivity index (χ1n) is 7.28.